The van der Waals surface area contributed by atoms with Crippen molar-refractivity contribution in [1.29, 1.82) is 0 Å². The lowest BCUT2D eigenvalue weighted by Crippen LogP contribution is -2.37. The van der Waals surface area contributed by atoms with Gasteiger partial charge in [0.2, 0.25) is 0 Å². The second-order valence-electron chi connectivity index (χ2n) is 5.53. The standard InChI is InChI=1S/C19H18N2O/c1-22-18-10-5-4-9-16(18)17-13-14-7-2-3-8-15(14)19-20-11-6-12-21(17)19/h2-5,7-10,13H,6,11-12H2,1H3. The Bertz CT molecular complexity index is 777. The molecule has 2 heterocycles. The maximum atomic E-state index is 5.56. The quantitative estimate of drug-likeness (QED) is 0.843. The van der Waals surface area contributed by atoms with Gasteiger partial charge < -0.3 is 9.64 Å². The Kier molecular flexibility index (Phi) is 3.19. The van der Waals surface area contributed by atoms with Crippen LogP contribution in [0.2, 0.25) is 0 Å². The van der Waals surface area contributed by atoms with Crippen LogP contribution in [0.3, 0.4) is 0 Å². The molecule has 0 aliphatic carbocycles. The molecule has 2 aliphatic heterocycles. The number of hydrogen-bond donors (Lipinski definition) is 0. The van der Waals surface area contributed by atoms with Gasteiger partial charge in [-0.25, -0.2) is 0 Å². The van der Waals surface area contributed by atoms with Crippen LogP contribution in [-0.2, 0) is 0 Å². The Morgan fingerprint density at radius 1 is 1.00 bits per heavy atom. The number of aliphatic imine (C=N–C) groups is 1. The first-order chi connectivity index (χ1) is 10.9. The van der Waals surface area contributed by atoms with Crippen molar-refractivity contribution in [2.24, 2.45) is 4.99 Å². The Morgan fingerprint density at radius 3 is 2.64 bits per heavy atom. The Labute approximate surface area is 130 Å². The molecule has 0 saturated carbocycles. The molecule has 0 unspecified atom stereocenters. The zero-order valence-corrected chi connectivity index (χ0v) is 12.6. The number of rotatable bonds is 2. The number of methoxy groups -OCH3 is 1. The summed E-state index contributed by atoms with van der Waals surface area (Å²) in [5, 5.41) is 0. The van der Waals surface area contributed by atoms with Crippen LogP contribution in [0.4, 0.5) is 0 Å². The molecule has 0 spiro atoms. The highest BCUT2D eigenvalue weighted by molar-refractivity contribution is 6.12. The molecule has 0 saturated heterocycles. The molecule has 2 aliphatic rings. The van der Waals surface area contributed by atoms with Crippen molar-refractivity contribution < 1.29 is 4.74 Å². The molecule has 0 fully saturated rings. The molecule has 3 heteroatoms. The van der Waals surface area contributed by atoms with E-state index in [0.717, 1.165) is 36.7 Å². The average molecular weight is 290 g/mol. The normalized spacial score (nSPS) is 16.3. The Hall–Kier alpha value is -2.55. The number of para-hydroxylation sites is 1. The topological polar surface area (TPSA) is 24.8 Å². The van der Waals surface area contributed by atoms with Gasteiger partial charge in [-0.15, -0.1) is 0 Å². The van der Waals surface area contributed by atoms with Crippen molar-refractivity contribution >= 4 is 17.6 Å². The second-order valence-corrected chi connectivity index (χ2v) is 5.53. The summed E-state index contributed by atoms with van der Waals surface area (Å²) in [6.07, 6.45) is 3.33. The second kappa shape index (κ2) is 5.34. The molecular weight excluding hydrogens is 272 g/mol. The number of ether oxygens (including phenoxy) is 1. The molecule has 110 valence electrons. The lowest BCUT2D eigenvalue weighted by molar-refractivity contribution is 0.411. The van der Waals surface area contributed by atoms with Gasteiger partial charge in [0.15, 0.2) is 0 Å². The molecule has 0 aromatic heterocycles. The monoisotopic (exact) mass is 290 g/mol. The summed E-state index contributed by atoms with van der Waals surface area (Å²) in [4.78, 5) is 7.11. The zero-order valence-electron chi connectivity index (χ0n) is 12.6. The van der Waals surface area contributed by atoms with E-state index in [4.69, 9.17) is 9.73 Å². The van der Waals surface area contributed by atoms with Gasteiger partial charge in [0.05, 0.1) is 12.8 Å². The van der Waals surface area contributed by atoms with E-state index < -0.39 is 0 Å². The minimum Gasteiger partial charge on any atom is -0.496 e. The maximum absolute atomic E-state index is 5.56. The lowest BCUT2D eigenvalue weighted by Gasteiger charge is -2.36. The largest absolute Gasteiger partial charge is 0.496 e. The first kappa shape index (κ1) is 13.1. The predicted molar refractivity (Wildman–Crippen MR) is 90.0 cm³/mol. The molecule has 0 atom stereocenters. The molecule has 2 aromatic carbocycles. The molecule has 3 nitrogen and oxygen atoms in total. The fourth-order valence-electron chi connectivity index (χ4n) is 3.20. The maximum Gasteiger partial charge on any atom is 0.136 e. The highest BCUT2D eigenvalue weighted by atomic mass is 16.5. The van der Waals surface area contributed by atoms with Crippen LogP contribution >= 0.6 is 0 Å². The molecule has 0 N–H and O–H groups in total. The SMILES string of the molecule is COc1ccccc1C1=Cc2ccccc2C2=NCCCN12. The number of amidine groups is 1. The van der Waals surface area contributed by atoms with Crippen LogP contribution in [0, 0.1) is 0 Å². The summed E-state index contributed by atoms with van der Waals surface area (Å²) in [7, 11) is 1.72. The van der Waals surface area contributed by atoms with E-state index in [9.17, 15) is 0 Å². The fourth-order valence-corrected chi connectivity index (χ4v) is 3.20. The predicted octanol–water partition coefficient (Wildman–Crippen LogP) is 3.66. The van der Waals surface area contributed by atoms with E-state index in [1.54, 1.807) is 7.11 Å². The van der Waals surface area contributed by atoms with E-state index in [0.29, 0.717) is 0 Å². The van der Waals surface area contributed by atoms with Crippen LogP contribution in [0.5, 0.6) is 5.75 Å². The van der Waals surface area contributed by atoms with E-state index >= 15 is 0 Å². The van der Waals surface area contributed by atoms with Crippen molar-refractivity contribution in [3.63, 3.8) is 0 Å². The van der Waals surface area contributed by atoms with Gasteiger partial charge in [0.1, 0.15) is 11.6 Å². The first-order valence-electron chi connectivity index (χ1n) is 7.65. The van der Waals surface area contributed by atoms with Crippen LogP contribution in [0.25, 0.3) is 11.8 Å². The average Bonchev–Trinajstić information content (AvgIpc) is 2.61. The van der Waals surface area contributed by atoms with Crippen LogP contribution < -0.4 is 4.74 Å². The summed E-state index contributed by atoms with van der Waals surface area (Å²) in [6.45, 7) is 1.90. The Balaban J connectivity index is 1.94. The van der Waals surface area contributed by atoms with Crippen molar-refractivity contribution in [3.05, 3.63) is 65.2 Å². The highest BCUT2D eigenvalue weighted by Gasteiger charge is 2.28. The minimum absolute atomic E-state index is 0.901. The van der Waals surface area contributed by atoms with Crippen molar-refractivity contribution in [3.8, 4) is 5.75 Å². The minimum atomic E-state index is 0.901. The first-order valence-corrected chi connectivity index (χ1v) is 7.65. The van der Waals surface area contributed by atoms with Crippen molar-refractivity contribution in [2.75, 3.05) is 20.2 Å². The molecule has 22 heavy (non-hydrogen) atoms. The van der Waals surface area contributed by atoms with E-state index in [2.05, 4.69) is 47.4 Å². The van der Waals surface area contributed by atoms with Gasteiger partial charge in [0.25, 0.3) is 0 Å². The van der Waals surface area contributed by atoms with Gasteiger partial charge in [-0.3, -0.25) is 4.99 Å². The van der Waals surface area contributed by atoms with Crippen molar-refractivity contribution in [1.82, 2.24) is 4.90 Å². The van der Waals surface area contributed by atoms with Crippen LogP contribution in [0.1, 0.15) is 23.1 Å². The highest BCUT2D eigenvalue weighted by Crippen LogP contribution is 2.36. The van der Waals surface area contributed by atoms with E-state index in [1.165, 1.54) is 16.8 Å². The smallest absolute Gasteiger partial charge is 0.136 e. The van der Waals surface area contributed by atoms with Gasteiger partial charge in [-0.2, -0.15) is 0 Å². The van der Waals surface area contributed by atoms with Crippen LogP contribution in [-0.4, -0.2) is 30.9 Å². The van der Waals surface area contributed by atoms with Crippen LogP contribution in [0.15, 0.2) is 53.5 Å². The van der Waals surface area contributed by atoms with Gasteiger partial charge in [0, 0.05) is 24.2 Å². The summed E-state index contributed by atoms with van der Waals surface area (Å²) < 4.78 is 5.56. The molecular formula is C19H18N2O. The summed E-state index contributed by atoms with van der Waals surface area (Å²) in [5.41, 5.74) is 4.74. The summed E-state index contributed by atoms with van der Waals surface area (Å²) in [5.74, 6) is 1.99. The molecule has 0 amide bonds. The molecule has 0 bridgehead atoms. The number of benzene rings is 2. The van der Waals surface area contributed by atoms with Gasteiger partial charge >= 0.3 is 0 Å². The number of nitrogens with zero attached hydrogens (tertiary/aromatic N) is 2. The zero-order chi connectivity index (χ0) is 14.9. The summed E-state index contributed by atoms with van der Waals surface area (Å²) in [6, 6.07) is 16.7. The fraction of sp³-hybridized carbons (Fsp3) is 0.211. The van der Waals surface area contributed by atoms with Crippen molar-refractivity contribution in [2.45, 2.75) is 6.42 Å². The number of hydrogen-bond acceptors (Lipinski definition) is 3. The van der Waals surface area contributed by atoms with Gasteiger partial charge in [-0.05, 0) is 30.2 Å². The third-order valence-electron chi connectivity index (χ3n) is 4.22. The molecule has 4 rings (SSSR count). The lowest BCUT2D eigenvalue weighted by atomic mass is 9.95. The Morgan fingerprint density at radius 2 is 1.77 bits per heavy atom. The van der Waals surface area contributed by atoms with Gasteiger partial charge in [-0.1, -0.05) is 36.4 Å². The molecule has 0 radical (unpaired) electrons. The third kappa shape index (κ3) is 2.01. The molecule has 2 aromatic rings. The van der Waals surface area contributed by atoms with E-state index in [1.807, 2.05) is 12.1 Å². The third-order valence-corrected chi connectivity index (χ3v) is 4.22. The van der Waals surface area contributed by atoms with E-state index in [-0.39, 0.29) is 0 Å². The summed E-state index contributed by atoms with van der Waals surface area (Å²) >= 11 is 0. The number of fused-ring (bicyclic) bond motifs is 3.